The van der Waals surface area contributed by atoms with Gasteiger partial charge in [0.25, 0.3) is 0 Å². The lowest BCUT2D eigenvalue weighted by atomic mass is 9.64. The topological polar surface area (TPSA) is 99.0 Å². The van der Waals surface area contributed by atoms with Crippen molar-refractivity contribution in [3.05, 3.63) is 71.4 Å². The summed E-state index contributed by atoms with van der Waals surface area (Å²) in [6.07, 6.45) is 4.12. The largest absolute Gasteiger partial charge is 0.357 e. The molecule has 1 spiro atoms. The van der Waals surface area contributed by atoms with Gasteiger partial charge in [-0.05, 0) is 48.6 Å². The molecule has 0 amide bonds. The number of nitrogens with zero attached hydrogens (tertiary/aromatic N) is 4. The Morgan fingerprint density at radius 2 is 1.91 bits per heavy atom. The summed E-state index contributed by atoms with van der Waals surface area (Å²) in [6, 6.07) is 16.6. The van der Waals surface area contributed by atoms with Crippen LogP contribution in [0.1, 0.15) is 29.5 Å². The maximum atomic E-state index is 13.2. The molecule has 0 radical (unpaired) electrons. The molecule has 1 N–H and O–H groups in total. The fourth-order valence-corrected chi connectivity index (χ4v) is 6.47. The zero-order valence-electron chi connectivity index (χ0n) is 17.7. The summed E-state index contributed by atoms with van der Waals surface area (Å²) in [7, 11) is -1.84. The van der Waals surface area contributed by atoms with Crippen LogP contribution in [0.5, 0.6) is 0 Å². The van der Waals surface area contributed by atoms with Gasteiger partial charge in [-0.1, -0.05) is 30.3 Å². The van der Waals surface area contributed by atoms with E-state index < -0.39 is 10.0 Å². The molecule has 1 saturated heterocycles. The third kappa shape index (κ3) is 3.25. The zero-order chi connectivity index (χ0) is 22.3. The molecule has 1 aromatic heterocycles. The number of nitriles is 1. The van der Waals surface area contributed by atoms with E-state index in [9.17, 15) is 8.42 Å². The summed E-state index contributed by atoms with van der Waals surface area (Å²) in [6.45, 7) is 0.858. The van der Waals surface area contributed by atoms with Gasteiger partial charge in [0.05, 0.1) is 22.2 Å². The SMILES string of the molecule is CNc1ncc2c(n1)-c1ccccc1C1(CCN(S(=O)(=O)c3cccc(C#N)c3)CC1)C2. The molecule has 0 unspecified atom stereocenters. The summed E-state index contributed by atoms with van der Waals surface area (Å²) in [5, 5.41) is 12.1. The van der Waals surface area contributed by atoms with Crippen LogP contribution in [0.25, 0.3) is 11.3 Å². The lowest BCUT2D eigenvalue weighted by Crippen LogP contribution is -2.47. The average molecular weight is 446 g/mol. The molecule has 2 aliphatic rings. The zero-order valence-corrected chi connectivity index (χ0v) is 18.6. The van der Waals surface area contributed by atoms with Crippen molar-refractivity contribution in [1.82, 2.24) is 14.3 Å². The number of hydrogen-bond acceptors (Lipinski definition) is 6. The highest BCUT2D eigenvalue weighted by atomic mass is 32.2. The van der Waals surface area contributed by atoms with Crippen LogP contribution < -0.4 is 5.32 Å². The third-order valence-electron chi connectivity index (χ3n) is 6.65. The van der Waals surface area contributed by atoms with Crippen LogP contribution in [0.15, 0.2) is 59.6 Å². The van der Waals surface area contributed by atoms with Gasteiger partial charge in [-0.3, -0.25) is 0 Å². The van der Waals surface area contributed by atoms with Gasteiger partial charge in [0.15, 0.2) is 0 Å². The minimum atomic E-state index is -3.65. The van der Waals surface area contributed by atoms with Crippen molar-refractivity contribution < 1.29 is 8.42 Å². The molecule has 3 aromatic rings. The van der Waals surface area contributed by atoms with E-state index in [-0.39, 0.29) is 10.3 Å². The quantitative estimate of drug-likeness (QED) is 0.664. The van der Waals surface area contributed by atoms with Crippen molar-refractivity contribution in [2.75, 3.05) is 25.5 Å². The van der Waals surface area contributed by atoms with Gasteiger partial charge in [-0.2, -0.15) is 9.57 Å². The maximum absolute atomic E-state index is 13.2. The molecule has 1 aliphatic carbocycles. The fourth-order valence-electron chi connectivity index (χ4n) is 4.98. The van der Waals surface area contributed by atoms with Crippen LogP contribution in [0.3, 0.4) is 0 Å². The van der Waals surface area contributed by atoms with E-state index in [4.69, 9.17) is 10.2 Å². The van der Waals surface area contributed by atoms with E-state index in [1.54, 1.807) is 29.6 Å². The van der Waals surface area contributed by atoms with Gasteiger partial charge >= 0.3 is 0 Å². The predicted molar refractivity (Wildman–Crippen MR) is 122 cm³/mol. The molecular weight excluding hydrogens is 422 g/mol. The van der Waals surface area contributed by atoms with Crippen molar-refractivity contribution in [2.45, 2.75) is 29.6 Å². The lowest BCUT2D eigenvalue weighted by molar-refractivity contribution is 0.229. The number of benzene rings is 2. The van der Waals surface area contributed by atoms with Gasteiger partial charge in [-0.25, -0.2) is 18.4 Å². The standard InChI is InChI=1S/C24H23N5O2S/c1-26-23-27-16-18-14-24(21-8-3-2-7-20(21)22(18)28-23)9-11-29(12-10-24)32(30,31)19-6-4-5-17(13-19)15-25/h2-8,13,16H,9-12,14H2,1H3,(H,26,27,28). The Labute approximate surface area is 187 Å². The molecular formula is C24H23N5O2S. The normalized spacial score (nSPS) is 17.2. The molecule has 5 rings (SSSR count). The van der Waals surface area contributed by atoms with Gasteiger partial charge in [0, 0.05) is 37.3 Å². The Hall–Kier alpha value is -3.28. The second-order valence-electron chi connectivity index (χ2n) is 8.36. The molecule has 2 heterocycles. The first-order valence-corrected chi connectivity index (χ1v) is 12.0. The van der Waals surface area contributed by atoms with Crippen molar-refractivity contribution >= 4 is 16.0 Å². The van der Waals surface area contributed by atoms with E-state index in [2.05, 4.69) is 22.4 Å². The molecule has 2 aromatic carbocycles. The second kappa shape index (κ2) is 7.69. The number of rotatable bonds is 3. The number of aromatic nitrogens is 2. The van der Waals surface area contributed by atoms with Crippen LogP contribution >= 0.6 is 0 Å². The molecule has 0 atom stereocenters. The van der Waals surface area contributed by atoms with Crippen molar-refractivity contribution in [1.29, 1.82) is 5.26 Å². The summed E-state index contributed by atoms with van der Waals surface area (Å²) >= 11 is 0. The highest BCUT2D eigenvalue weighted by Crippen LogP contribution is 2.48. The molecule has 1 fully saturated rings. The Balaban J connectivity index is 1.47. The minimum absolute atomic E-state index is 0.144. The van der Waals surface area contributed by atoms with Crippen molar-refractivity contribution in [2.24, 2.45) is 0 Å². The molecule has 8 heteroatoms. The van der Waals surface area contributed by atoms with Crippen LogP contribution in [0.4, 0.5) is 5.95 Å². The number of nitrogens with one attached hydrogen (secondary N) is 1. The average Bonchev–Trinajstić information content (AvgIpc) is 2.84. The Morgan fingerprint density at radius 1 is 1.12 bits per heavy atom. The smallest absolute Gasteiger partial charge is 0.243 e. The van der Waals surface area contributed by atoms with Gasteiger partial charge < -0.3 is 5.32 Å². The minimum Gasteiger partial charge on any atom is -0.357 e. The Kier molecular flexibility index (Phi) is 4.96. The first kappa shape index (κ1) is 20.6. The van der Waals surface area contributed by atoms with Crippen LogP contribution in [-0.2, 0) is 21.9 Å². The Morgan fingerprint density at radius 3 is 2.66 bits per heavy atom. The van der Waals surface area contributed by atoms with Crippen molar-refractivity contribution in [3.63, 3.8) is 0 Å². The molecule has 32 heavy (non-hydrogen) atoms. The Bertz CT molecular complexity index is 1340. The van der Waals surface area contributed by atoms with Gasteiger partial charge in [0.1, 0.15) is 0 Å². The summed E-state index contributed by atoms with van der Waals surface area (Å²) in [5.41, 5.74) is 4.59. The highest BCUT2D eigenvalue weighted by molar-refractivity contribution is 7.89. The number of piperidine rings is 1. The van der Waals surface area contributed by atoms with Crippen LogP contribution in [0.2, 0.25) is 0 Å². The first-order chi connectivity index (χ1) is 15.5. The maximum Gasteiger partial charge on any atom is 0.243 e. The molecule has 0 saturated carbocycles. The lowest BCUT2D eigenvalue weighted by Gasteiger charge is -2.45. The number of sulfonamides is 1. The summed E-state index contributed by atoms with van der Waals surface area (Å²) in [5.74, 6) is 0.593. The molecule has 1 aliphatic heterocycles. The summed E-state index contributed by atoms with van der Waals surface area (Å²) < 4.78 is 28.0. The van der Waals surface area contributed by atoms with E-state index in [0.717, 1.165) is 23.2 Å². The number of anilines is 1. The molecule has 0 bridgehead atoms. The van der Waals surface area contributed by atoms with Crippen LogP contribution in [0, 0.1) is 11.3 Å². The van der Waals surface area contributed by atoms with E-state index in [1.807, 2.05) is 24.4 Å². The highest BCUT2D eigenvalue weighted by Gasteiger charge is 2.44. The predicted octanol–water partition coefficient (Wildman–Crippen LogP) is 3.34. The van der Waals surface area contributed by atoms with E-state index in [0.29, 0.717) is 37.4 Å². The van der Waals surface area contributed by atoms with Gasteiger partial charge in [-0.15, -0.1) is 0 Å². The van der Waals surface area contributed by atoms with E-state index >= 15 is 0 Å². The van der Waals surface area contributed by atoms with E-state index in [1.165, 1.54) is 11.6 Å². The van der Waals surface area contributed by atoms with Crippen LogP contribution in [-0.4, -0.2) is 42.8 Å². The monoisotopic (exact) mass is 445 g/mol. The first-order valence-electron chi connectivity index (χ1n) is 10.6. The van der Waals surface area contributed by atoms with Gasteiger partial charge in [0.2, 0.25) is 16.0 Å². The van der Waals surface area contributed by atoms with Crippen molar-refractivity contribution in [3.8, 4) is 17.3 Å². The third-order valence-corrected chi connectivity index (χ3v) is 8.55. The molecule has 7 nitrogen and oxygen atoms in total. The second-order valence-corrected chi connectivity index (χ2v) is 10.3. The summed E-state index contributed by atoms with van der Waals surface area (Å²) in [4.78, 5) is 9.30. The molecule has 162 valence electrons. The number of hydrogen-bond donors (Lipinski definition) is 1. The fraction of sp³-hybridized carbons (Fsp3) is 0.292. The number of fused-ring (bicyclic) bond motifs is 4.